The Balaban J connectivity index is 2.42. The highest BCUT2D eigenvalue weighted by molar-refractivity contribution is 5.83. The number of carboxylic acid groups (broad SMARTS) is 1. The number of hydrogen-bond donors (Lipinski definition) is 2. The first kappa shape index (κ1) is 15.8. The van der Waals surface area contributed by atoms with Gasteiger partial charge in [0.2, 0.25) is 0 Å². The van der Waals surface area contributed by atoms with Gasteiger partial charge in [-0.25, -0.2) is 9.59 Å². The maximum Gasteiger partial charge on any atom is 0.326 e. The molecular weight excluding hydrogens is 244 g/mol. The van der Waals surface area contributed by atoms with Crippen molar-refractivity contribution in [2.75, 3.05) is 13.1 Å². The lowest BCUT2D eigenvalue weighted by atomic mass is 9.91. The second-order valence-corrected chi connectivity index (χ2v) is 5.39. The summed E-state index contributed by atoms with van der Waals surface area (Å²) in [4.78, 5) is 24.8. The van der Waals surface area contributed by atoms with Crippen molar-refractivity contribution in [3.05, 3.63) is 0 Å². The van der Waals surface area contributed by atoms with Crippen LogP contribution in [0.25, 0.3) is 0 Å². The minimum atomic E-state index is -0.895. The van der Waals surface area contributed by atoms with Crippen molar-refractivity contribution in [1.82, 2.24) is 10.2 Å². The lowest BCUT2D eigenvalue weighted by Crippen LogP contribution is -2.55. The Kier molecular flexibility index (Phi) is 6.67. The number of likely N-dealkylation sites (tertiary alicyclic amines) is 1. The van der Waals surface area contributed by atoms with E-state index >= 15 is 0 Å². The Morgan fingerprint density at radius 3 is 2.68 bits per heavy atom. The number of rotatable bonds is 6. The van der Waals surface area contributed by atoms with E-state index in [9.17, 15) is 14.7 Å². The molecule has 2 N–H and O–H groups in total. The summed E-state index contributed by atoms with van der Waals surface area (Å²) in [5, 5.41) is 12.1. The van der Waals surface area contributed by atoms with Crippen LogP contribution in [0.15, 0.2) is 0 Å². The zero-order chi connectivity index (χ0) is 14.3. The number of carbonyl (C=O) groups is 2. The van der Waals surface area contributed by atoms with E-state index in [0.717, 1.165) is 25.7 Å². The third-order valence-electron chi connectivity index (χ3n) is 3.75. The van der Waals surface area contributed by atoms with Crippen LogP contribution in [0.4, 0.5) is 4.79 Å². The van der Waals surface area contributed by atoms with Gasteiger partial charge in [0.1, 0.15) is 6.04 Å². The van der Waals surface area contributed by atoms with Gasteiger partial charge in [-0.15, -0.1) is 0 Å². The van der Waals surface area contributed by atoms with Crippen LogP contribution in [0.5, 0.6) is 0 Å². The standard InChI is InChI=1S/C14H26N2O3/c1-3-4-5-6-9-15-14(19)16-10-7-8-11(2)12(16)13(17)18/h11-12H,3-10H2,1-2H3,(H,15,19)(H,17,18). The molecule has 0 aliphatic carbocycles. The number of nitrogens with zero attached hydrogens (tertiary/aromatic N) is 1. The lowest BCUT2D eigenvalue weighted by Gasteiger charge is -2.37. The van der Waals surface area contributed by atoms with Crippen molar-refractivity contribution in [2.24, 2.45) is 5.92 Å². The third-order valence-corrected chi connectivity index (χ3v) is 3.75. The van der Waals surface area contributed by atoms with Crippen molar-refractivity contribution in [1.29, 1.82) is 0 Å². The quantitative estimate of drug-likeness (QED) is 0.728. The molecule has 1 aliphatic heterocycles. The molecule has 1 saturated heterocycles. The molecule has 1 fully saturated rings. The molecule has 19 heavy (non-hydrogen) atoms. The number of unbranched alkanes of at least 4 members (excludes halogenated alkanes) is 3. The Labute approximate surface area is 115 Å². The summed E-state index contributed by atoms with van der Waals surface area (Å²) in [5.74, 6) is -0.870. The van der Waals surface area contributed by atoms with Crippen LogP contribution in [0.2, 0.25) is 0 Å². The number of hydrogen-bond acceptors (Lipinski definition) is 2. The maximum atomic E-state index is 12.0. The Bertz CT molecular complexity index is 307. The molecule has 2 amide bonds. The van der Waals surface area contributed by atoms with Gasteiger partial charge in [0.25, 0.3) is 0 Å². The number of carboxylic acids is 1. The van der Waals surface area contributed by atoms with E-state index in [0.29, 0.717) is 13.1 Å². The smallest absolute Gasteiger partial charge is 0.326 e. The number of urea groups is 1. The first-order chi connectivity index (χ1) is 9.07. The number of nitrogens with one attached hydrogen (secondary N) is 1. The molecule has 5 heteroatoms. The van der Waals surface area contributed by atoms with Gasteiger partial charge < -0.3 is 15.3 Å². The van der Waals surface area contributed by atoms with E-state index in [-0.39, 0.29) is 11.9 Å². The van der Waals surface area contributed by atoms with E-state index in [1.807, 2.05) is 6.92 Å². The molecule has 0 radical (unpaired) electrons. The summed E-state index contributed by atoms with van der Waals surface area (Å²) >= 11 is 0. The minimum Gasteiger partial charge on any atom is -0.480 e. The van der Waals surface area contributed by atoms with Crippen molar-refractivity contribution in [2.45, 2.75) is 58.4 Å². The molecular formula is C14H26N2O3. The summed E-state index contributed by atoms with van der Waals surface area (Å²) in [6, 6.07) is -0.903. The zero-order valence-corrected chi connectivity index (χ0v) is 12.0. The van der Waals surface area contributed by atoms with Crippen molar-refractivity contribution in [3.8, 4) is 0 Å². The van der Waals surface area contributed by atoms with Crippen molar-refractivity contribution in [3.63, 3.8) is 0 Å². The van der Waals surface area contributed by atoms with Crippen LogP contribution in [-0.4, -0.2) is 41.1 Å². The van der Waals surface area contributed by atoms with Gasteiger partial charge in [-0.3, -0.25) is 0 Å². The van der Waals surface area contributed by atoms with Crippen molar-refractivity contribution >= 4 is 12.0 Å². The maximum absolute atomic E-state index is 12.0. The molecule has 0 bridgehead atoms. The molecule has 0 aromatic heterocycles. The second-order valence-electron chi connectivity index (χ2n) is 5.39. The summed E-state index contributed by atoms with van der Waals surface area (Å²) in [7, 11) is 0. The predicted octanol–water partition coefficient (Wildman–Crippen LogP) is 2.46. The van der Waals surface area contributed by atoms with Crippen LogP contribution in [0, 0.1) is 5.92 Å². The number of amides is 2. The van der Waals surface area contributed by atoms with Crippen molar-refractivity contribution < 1.29 is 14.7 Å². The van der Waals surface area contributed by atoms with Gasteiger partial charge in [-0.05, 0) is 25.2 Å². The van der Waals surface area contributed by atoms with Gasteiger partial charge in [0.15, 0.2) is 0 Å². The van der Waals surface area contributed by atoms with Gasteiger partial charge in [-0.1, -0.05) is 33.1 Å². The molecule has 110 valence electrons. The third kappa shape index (κ3) is 4.73. The van der Waals surface area contributed by atoms with Crippen LogP contribution in [0.1, 0.15) is 52.4 Å². The fourth-order valence-electron chi connectivity index (χ4n) is 2.64. The molecule has 0 aromatic carbocycles. The Morgan fingerprint density at radius 2 is 2.05 bits per heavy atom. The van der Waals surface area contributed by atoms with E-state index in [2.05, 4.69) is 12.2 Å². The molecule has 1 heterocycles. The summed E-state index contributed by atoms with van der Waals surface area (Å²) < 4.78 is 0. The van der Waals surface area contributed by atoms with Gasteiger partial charge in [-0.2, -0.15) is 0 Å². The number of carbonyl (C=O) groups excluding carboxylic acids is 1. The zero-order valence-electron chi connectivity index (χ0n) is 12.0. The van der Waals surface area contributed by atoms with Crippen LogP contribution < -0.4 is 5.32 Å². The van der Waals surface area contributed by atoms with E-state index in [4.69, 9.17) is 0 Å². The lowest BCUT2D eigenvalue weighted by molar-refractivity contribution is -0.145. The Hall–Kier alpha value is -1.26. The molecule has 2 atom stereocenters. The summed E-state index contributed by atoms with van der Waals surface area (Å²) in [5.41, 5.74) is 0. The highest BCUT2D eigenvalue weighted by Gasteiger charge is 2.36. The molecule has 0 spiro atoms. The van der Waals surface area contributed by atoms with Gasteiger partial charge in [0, 0.05) is 13.1 Å². The fourth-order valence-corrected chi connectivity index (χ4v) is 2.64. The highest BCUT2D eigenvalue weighted by Crippen LogP contribution is 2.23. The molecule has 1 aliphatic rings. The fraction of sp³-hybridized carbons (Fsp3) is 0.857. The summed E-state index contributed by atoms with van der Waals surface area (Å²) in [6.07, 6.45) is 6.16. The van der Waals surface area contributed by atoms with E-state index in [1.165, 1.54) is 17.7 Å². The number of piperidine rings is 1. The minimum absolute atomic E-state index is 0.0251. The summed E-state index contributed by atoms with van der Waals surface area (Å²) in [6.45, 7) is 5.22. The first-order valence-corrected chi connectivity index (χ1v) is 7.35. The van der Waals surface area contributed by atoms with Crippen LogP contribution in [-0.2, 0) is 4.79 Å². The molecule has 2 unspecified atom stereocenters. The SMILES string of the molecule is CCCCCCNC(=O)N1CCCC(C)C1C(=O)O. The molecule has 0 saturated carbocycles. The van der Waals surface area contributed by atoms with E-state index < -0.39 is 12.0 Å². The predicted molar refractivity (Wildman–Crippen MR) is 74.1 cm³/mol. The van der Waals surface area contributed by atoms with Gasteiger partial charge in [0.05, 0.1) is 0 Å². The first-order valence-electron chi connectivity index (χ1n) is 7.35. The van der Waals surface area contributed by atoms with Crippen LogP contribution in [0.3, 0.4) is 0 Å². The van der Waals surface area contributed by atoms with E-state index in [1.54, 1.807) is 0 Å². The average Bonchev–Trinajstić information content (AvgIpc) is 2.37. The molecule has 5 nitrogen and oxygen atoms in total. The van der Waals surface area contributed by atoms with Gasteiger partial charge >= 0.3 is 12.0 Å². The highest BCUT2D eigenvalue weighted by atomic mass is 16.4. The number of aliphatic carboxylic acids is 1. The normalized spacial score (nSPS) is 23.2. The monoisotopic (exact) mass is 270 g/mol. The second kappa shape index (κ2) is 8.02. The topological polar surface area (TPSA) is 69.6 Å². The molecule has 0 aromatic rings. The average molecular weight is 270 g/mol. The largest absolute Gasteiger partial charge is 0.480 e. The van der Waals surface area contributed by atoms with Crippen LogP contribution >= 0.6 is 0 Å². The Morgan fingerprint density at radius 1 is 1.32 bits per heavy atom. The molecule has 1 rings (SSSR count).